The first kappa shape index (κ1) is 14.9. The van der Waals surface area contributed by atoms with Gasteiger partial charge in [0.25, 0.3) is 0 Å². The van der Waals surface area contributed by atoms with Crippen LogP contribution in [0.2, 0.25) is 0 Å². The molecule has 0 unspecified atom stereocenters. The van der Waals surface area contributed by atoms with E-state index in [0.29, 0.717) is 19.6 Å². The summed E-state index contributed by atoms with van der Waals surface area (Å²) in [6.07, 6.45) is 3.76. The minimum absolute atomic E-state index is 0.0178. The van der Waals surface area contributed by atoms with E-state index in [2.05, 4.69) is 10.6 Å². The summed E-state index contributed by atoms with van der Waals surface area (Å²) < 4.78 is 0. The second-order valence-electron chi connectivity index (χ2n) is 6.19. The lowest BCUT2D eigenvalue weighted by molar-refractivity contribution is -0.123. The molecule has 2 aliphatic rings. The van der Waals surface area contributed by atoms with E-state index in [1.165, 1.54) is 0 Å². The first-order valence-corrected chi connectivity index (χ1v) is 8.09. The average molecular weight is 301 g/mol. The van der Waals surface area contributed by atoms with Crippen molar-refractivity contribution < 1.29 is 9.59 Å². The molecular weight excluding hydrogens is 278 g/mol. The first-order valence-electron chi connectivity index (χ1n) is 8.09. The van der Waals surface area contributed by atoms with Gasteiger partial charge in [0.05, 0.1) is 0 Å². The molecule has 3 amide bonds. The molecule has 0 bridgehead atoms. The molecule has 0 radical (unpaired) electrons. The molecule has 0 spiro atoms. The maximum Gasteiger partial charge on any atom is 0.317 e. The quantitative estimate of drug-likeness (QED) is 0.892. The Bertz CT molecular complexity index is 520. The van der Waals surface area contributed by atoms with Crippen molar-refractivity contribution in [3.05, 3.63) is 35.9 Å². The predicted octanol–water partition coefficient (Wildman–Crippen LogP) is 1.89. The predicted molar refractivity (Wildman–Crippen MR) is 84.1 cm³/mol. The van der Waals surface area contributed by atoms with Gasteiger partial charge in [0, 0.05) is 31.6 Å². The maximum absolute atomic E-state index is 12.1. The third-order valence-corrected chi connectivity index (χ3v) is 4.36. The summed E-state index contributed by atoms with van der Waals surface area (Å²) in [5, 5.41) is 6.05. The minimum atomic E-state index is -0.0178. The van der Waals surface area contributed by atoms with Gasteiger partial charge in [0.2, 0.25) is 5.91 Å². The lowest BCUT2D eigenvalue weighted by Crippen LogP contribution is -2.49. The summed E-state index contributed by atoms with van der Waals surface area (Å²) in [5.74, 6) is 0.458. The number of hydrogen-bond acceptors (Lipinski definition) is 2. The fraction of sp³-hybridized carbons (Fsp3) is 0.529. The number of benzene rings is 1. The van der Waals surface area contributed by atoms with Crippen LogP contribution in [0.15, 0.2) is 30.3 Å². The number of nitrogens with one attached hydrogen (secondary N) is 2. The second-order valence-corrected chi connectivity index (χ2v) is 6.19. The monoisotopic (exact) mass is 301 g/mol. The highest BCUT2D eigenvalue weighted by atomic mass is 16.2. The molecule has 1 aliphatic heterocycles. The Morgan fingerprint density at radius 3 is 2.36 bits per heavy atom. The van der Waals surface area contributed by atoms with Gasteiger partial charge in [-0.05, 0) is 31.2 Å². The molecule has 0 aromatic heterocycles. The molecule has 1 aromatic carbocycles. The largest absolute Gasteiger partial charge is 0.353 e. The summed E-state index contributed by atoms with van der Waals surface area (Å²) in [4.78, 5) is 25.7. The molecule has 1 heterocycles. The highest BCUT2D eigenvalue weighted by molar-refractivity contribution is 5.81. The smallest absolute Gasteiger partial charge is 0.317 e. The Labute approximate surface area is 131 Å². The van der Waals surface area contributed by atoms with E-state index >= 15 is 0 Å². The van der Waals surface area contributed by atoms with Gasteiger partial charge >= 0.3 is 6.03 Å². The number of piperidine rings is 1. The van der Waals surface area contributed by atoms with Crippen LogP contribution in [0.3, 0.4) is 0 Å². The Hall–Kier alpha value is -2.04. The molecule has 1 aliphatic carbocycles. The summed E-state index contributed by atoms with van der Waals surface area (Å²) >= 11 is 0. The van der Waals surface area contributed by atoms with Gasteiger partial charge in [-0.2, -0.15) is 0 Å². The Morgan fingerprint density at radius 1 is 1.05 bits per heavy atom. The molecule has 0 atom stereocenters. The standard InChI is InChI=1S/C17H23N3O2/c21-16(14-6-7-14)19-15-8-10-20(11-9-15)17(22)18-12-13-4-2-1-3-5-13/h1-5,14-15H,6-12H2,(H,18,22)(H,19,21). The zero-order valence-electron chi connectivity index (χ0n) is 12.8. The number of nitrogens with zero attached hydrogens (tertiary/aromatic N) is 1. The van der Waals surface area contributed by atoms with Crippen molar-refractivity contribution in [2.24, 2.45) is 5.92 Å². The topological polar surface area (TPSA) is 61.4 Å². The average Bonchev–Trinajstić information content (AvgIpc) is 3.39. The van der Waals surface area contributed by atoms with E-state index in [1.54, 1.807) is 0 Å². The molecule has 1 aromatic rings. The number of amides is 3. The van der Waals surface area contributed by atoms with Crippen molar-refractivity contribution >= 4 is 11.9 Å². The fourth-order valence-electron chi connectivity index (χ4n) is 2.78. The lowest BCUT2D eigenvalue weighted by Gasteiger charge is -2.32. The number of carbonyl (C=O) groups excluding carboxylic acids is 2. The first-order chi connectivity index (χ1) is 10.7. The zero-order valence-corrected chi connectivity index (χ0v) is 12.8. The summed E-state index contributed by atoms with van der Waals surface area (Å²) in [5.41, 5.74) is 1.10. The van der Waals surface area contributed by atoms with Gasteiger partial charge in [-0.3, -0.25) is 4.79 Å². The van der Waals surface area contributed by atoms with Gasteiger partial charge in [-0.1, -0.05) is 30.3 Å². The Balaban J connectivity index is 1.38. The highest BCUT2D eigenvalue weighted by Crippen LogP contribution is 2.29. The van der Waals surface area contributed by atoms with Crippen molar-refractivity contribution in [1.29, 1.82) is 0 Å². The lowest BCUT2D eigenvalue weighted by atomic mass is 10.1. The van der Waals surface area contributed by atoms with Crippen LogP contribution in [0.5, 0.6) is 0 Å². The van der Waals surface area contributed by atoms with E-state index in [9.17, 15) is 9.59 Å². The van der Waals surface area contributed by atoms with Crippen molar-refractivity contribution in [2.75, 3.05) is 13.1 Å². The Morgan fingerprint density at radius 2 is 1.73 bits per heavy atom. The second kappa shape index (κ2) is 6.81. The molecule has 3 rings (SSSR count). The molecule has 5 nitrogen and oxygen atoms in total. The van der Waals surface area contributed by atoms with Gasteiger partial charge in [0.1, 0.15) is 0 Å². The van der Waals surface area contributed by atoms with Crippen LogP contribution in [0.1, 0.15) is 31.2 Å². The number of urea groups is 1. The number of rotatable bonds is 4. The Kier molecular flexibility index (Phi) is 4.61. The molecule has 2 fully saturated rings. The van der Waals surface area contributed by atoms with Gasteiger partial charge in [0.15, 0.2) is 0 Å². The molecule has 1 saturated heterocycles. The molecular formula is C17H23N3O2. The van der Waals surface area contributed by atoms with Crippen LogP contribution in [-0.2, 0) is 11.3 Å². The maximum atomic E-state index is 12.1. The number of likely N-dealkylation sites (tertiary alicyclic amines) is 1. The fourth-order valence-corrected chi connectivity index (χ4v) is 2.78. The van der Waals surface area contributed by atoms with Crippen LogP contribution in [0.4, 0.5) is 4.79 Å². The van der Waals surface area contributed by atoms with Crippen molar-refractivity contribution in [2.45, 2.75) is 38.3 Å². The van der Waals surface area contributed by atoms with Crippen LogP contribution in [0, 0.1) is 5.92 Å². The summed E-state index contributed by atoms with van der Waals surface area (Å²) in [6.45, 7) is 1.96. The molecule has 2 N–H and O–H groups in total. The third kappa shape index (κ3) is 4.00. The highest BCUT2D eigenvalue weighted by Gasteiger charge is 2.32. The summed E-state index contributed by atoms with van der Waals surface area (Å²) in [7, 11) is 0. The van der Waals surface area contributed by atoms with Crippen LogP contribution in [-0.4, -0.2) is 36.0 Å². The van der Waals surface area contributed by atoms with Gasteiger partial charge < -0.3 is 15.5 Å². The van der Waals surface area contributed by atoms with E-state index in [-0.39, 0.29) is 23.9 Å². The SMILES string of the molecule is O=C(NC1CCN(C(=O)NCc2ccccc2)CC1)C1CC1. The van der Waals surface area contributed by atoms with Crippen LogP contribution in [0.25, 0.3) is 0 Å². The van der Waals surface area contributed by atoms with E-state index in [1.807, 2.05) is 35.2 Å². The molecule has 22 heavy (non-hydrogen) atoms. The van der Waals surface area contributed by atoms with Crippen molar-refractivity contribution in [3.8, 4) is 0 Å². The van der Waals surface area contributed by atoms with Gasteiger partial charge in [-0.15, -0.1) is 0 Å². The van der Waals surface area contributed by atoms with Gasteiger partial charge in [-0.25, -0.2) is 4.79 Å². The number of carbonyl (C=O) groups is 2. The van der Waals surface area contributed by atoms with Crippen LogP contribution < -0.4 is 10.6 Å². The van der Waals surface area contributed by atoms with Crippen molar-refractivity contribution in [3.63, 3.8) is 0 Å². The third-order valence-electron chi connectivity index (χ3n) is 4.36. The van der Waals surface area contributed by atoms with Crippen LogP contribution >= 0.6 is 0 Å². The van der Waals surface area contributed by atoms with E-state index < -0.39 is 0 Å². The normalized spacial score (nSPS) is 18.8. The zero-order chi connectivity index (χ0) is 15.4. The molecule has 1 saturated carbocycles. The van der Waals surface area contributed by atoms with Crippen molar-refractivity contribution in [1.82, 2.24) is 15.5 Å². The molecule has 5 heteroatoms. The molecule has 118 valence electrons. The summed E-state index contributed by atoms with van der Waals surface area (Å²) in [6, 6.07) is 10.1. The van der Waals surface area contributed by atoms with E-state index in [4.69, 9.17) is 0 Å². The number of hydrogen-bond donors (Lipinski definition) is 2. The minimum Gasteiger partial charge on any atom is -0.353 e. The van der Waals surface area contributed by atoms with E-state index in [0.717, 1.165) is 31.2 Å².